The zero-order chi connectivity index (χ0) is 18.0. The molecular weight excluding hydrogens is 322 g/mol. The molecule has 0 saturated carbocycles. The van der Waals surface area contributed by atoms with E-state index in [1.165, 1.54) is 11.1 Å². The predicted molar refractivity (Wildman–Crippen MR) is 100 cm³/mol. The normalized spacial score (nSPS) is 23.0. The van der Waals surface area contributed by atoms with Gasteiger partial charge in [0, 0.05) is 19.6 Å². The molecule has 2 aromatic carbocycles. The molecule has 1 unspecified atom stereocenters. The molecule has 4 heteroatoms. The minimum atomic E-state index is -0.369. The smallest absolute Gasteiger partial charge is 0.228 e. The molecule has 26 heavy (non-hydrogen) atoms. The fraction of sp³-hybridized carbons (Fsp3) is 0.364. The maximum absolute atomic E-state index is 13.0. The molecule has 0 radical (unpaired) electrons. The van der Waals surface area contributed by atoms with E-state index >= 15 is 0 Å². The highest BCUT2D eigenvalue weighted by atomic mass is 16.2. The lowest BCUT2D eigenvalue weighted by atomic mass is 9.74. The fourth-order valence-corrected chi connectivity index (χ4v) is 4.41. The Labute approximate surface area is 154 Å². The quantitative estimate of drug-likeness (QED) is 0.910. The van der Waals surface area contributed by atoms with Crippen molar-refractivity contribution in [3.63, 3.8) is 0 Å². The number of nitriles is 1. The minimum absolute atomic E-state index is 0.173. The van der Waals surface area contributed by atoms with Gasteiger partial charge in [0.05, 0.1) is 17.0 Å². The average molecular weight is 345 g/mol. The van der Waals surface area contributed by atoms with Crippen molar-refractivity contribution in [1.29, 1.82) is 5.26 Å². The Balaban J connectivity index is 1.59. The first kappa shape index (κ1) is 16.8. The molecule has 1 N–H and O–H groups in total. The maximum atomic E-state index is 13.0. The lowest BCUT2D eigenvalue weighted by Crippen LogP contribution is -2.51. The molecule has 2 heterocycles. The Bertz CT molecular complexity index is 870. The van der Waals surface area contributed by atoms with Gasteiger partial charge in [-0.25, -0.2) is 0 Å². The van der Waals surface area contributed by atoms with E-state index in [1.54, 1.807) is 0 Å². The van der Waals surface area contributed by atoms with Crippen LogP contribution in [0.3, 0.4) is 0 Å². The number of carbonyl (C=O) groups is 1. The van der Waals surface area contributed by atoms with Crippen LogP contribution in [-0.4, -0.2) is 23.9 Å². The van der Waals surface area contributed by atoms with Gasteiger partial charge in [-0.2, -0.15) is 5.26 Å². The number of nitrogens with one attached hydrogen (secondary N) is 1. The summed E-state index contributed by atoms with van der Waals surface area (Å²) in [6.07, 6.45) is 2.72. The number of carbonyl (C=O) groups excluding carboxylic acids is 1. The summed E-state index contributed by atoms with van der Waals surface area (Å²) in [7, 11) is 0. The molecule has 1 saturated heterocycles. The molecule has 132 valence electrons. The molecule has 2 aliphatic rings. The maximum Gasteiger partial charge on any atom is 0.228 e. The number of fused-ring (bicyclic) bond motifs is 1. The van der Waals surface area contributed by atoms with Crippen LogP contribution in [0, 0.1) is 16.7 Å². The summed E-state index contributed by atoms with van der Waals surface area (Å²) >= 11 is 0. The fourth-order valence-electron chi connectivity index (χ4n) is 4.41. The number of nitrogens with zero attached hydrogens (tertiary/aromatic N) is 2. The molecule has 0 aromatic heterocycles. The summed E-state index contributed by atoms with van der Waals surface area (Å²) < 4.78 is 0. The van der Waals surface area contributed by atoms with Crippen molar-refractivity contribution in [2.45, 2.75) is 32.4 Å². The predicted octanol–water partition coefficient (Wildman–Crippen LogP) is 3.01. The van der Waals surface area contributed by atoms with Crippen LogP contribution in [0.4, 0.5) is 0 Å². The van der Waals surface area contributed by atoms with Crippen LogP contribution >= 0.6 is 0 Å². The van der Waals surface area contributed by atoms with Gasteiger partial charge in [-0.05, 0) is 48.6 Å². The van der Waals surface area contributed by atoms with Crippen LogP contribution < -0.4 is 5.32 Å². The van der Waals surface area contributed by atoms with E-state index in [0.29, 0.717) is 6.54 Å². The summed E-state index contributed by atoms with van der Waals surface area (Å²) in [5.41, 5.74) is 3.91. The Morgan fingerprint density at radius 3 is 2.73 bits per heavy atom. The first-order chi connectivity index (χ1) is 12.7. The molecule has 2 aromatic rings. The van der Waals surface area contributed by atoms with E-state index < -0.39 is 0 Å². The monoisotopic (exact) mass is 345 g/mol. The van der Waals surface area contributed by atoms with Crippen molar-refractivity contribution >= 4 is 5.91 Å². The number of likely N-dealkylation sites (tertiary alicyclic amines) is 1. The minimum Gasteiger partial charge on any atom is -0.351 e. The first-order valence-electron chi connectivity index (χ1n) is 9.26. The highest BCUT2D eigenvalue weighted by Gasteiger charge is 2.43. The van der Waals surface area contributed by atoms with Crippen LogP contribution in [0.1, 0.15) is 35.1 Å². The van der Waals surface area contributed by atoms with Crippen molar-refractivity contribution in [2.24, 2.45) is 5.41 Å². The van der Waals surface area contributed by atoms with Crippen LogP contribution in [0.2, 0.25) is 0 Å². The lowest BCUT2D eigenvalue weighted by Gasteiger charge is -2.41. The van der Waals surface area contributed by atoms with Gasteiger partial charge >= 0.3 is 0 Å². The van der Waals surface area contributed by atoms with Gasteiger partial charge in [0.1, 0.15) is 0 Å². The number of amides is 1. The Kier molecular flexibility index (Phi) is 4.48. The standard InChI is InChI=1S/C22H23N3O/c23-13-18-7-2-4-9-20(18)15-25-11-5-10-22(16-25)12-17-6-1-3-8-19(17)14-24-21(22)26/h1-4,6-9H,5,10-12,14-16H2,(H,24,26). The SMILES string of the molecule is N#Cc1ccccc1CN1CCCC2(Cc3ccccc3CNC2=O)C1. The van der Waals surface area contributed by atoms with Crippen LogP contribution in [0.25, 0.3) is 0 Å². The van der Waals surface area contributed by atoms with Crippen molar-refractivity contribution in [3.05, 3.63) is 70.8 Å². The number of hydrogen-bond donors (Lipinski definition) is 1. The number of rotatable bonds is 2. The molecule has 4 nitrogen and oxygen atoms in total. The summed E-state index contributed by atoms with van der Waals surface area (Å²) in [4.78, 5) is 15.3. The third-order valence-electron chi connectivity index (χ3n) is 5.76. The van der Waals surface area contributed by atoms with E-state index in [-0.39, 0.29) is 11.3 Å². The second-order valence-electron chi connectivity index (χ2n) is 7.49. The zero-order valence-electron chi connectivity index (χ0n) is 14.9. The molecule has 0 bridgehead atoms. The molecule has 1 spiro atoms. The van der Waals surface area contributed by atoms with E-state index in [9.17, 15) is 10.1 Å². The van der Waals surface area contributed by atoms with Gasteiger partial charge in [0.2, 0.25) is 5.91 Å². The number of piperidine rings is 1. The van der Waals surface area contributed by atoms with Crippen molar-refractivity contribution < 1.29 is 4.79 Å². The van der Waals surface area contributed by atoms with E-state index in [4.69, 9.17) is 0 Å². The van der Waals surface area contributed by atoms with Gasteiger partial charge < -0.3 is 5.32 Å². The Morgan fingerprint density at radius 2 is 1.88 bits per heavy atom. The zero-order valence-corrected chi connectivity index (χ0v) is 14.9. The molecule has 0 aliphatic carbocycles. The second-order valence-corrected chi connectivity index (χ2v) is 7.49. The Morgan fingerprint density at radius 1 is 1.12 bits per heavy atom. The highest BCUT2D eigenvalue weighted by Crippen LogP contribution is 2.37. The van der Waals surface area contributed by atoms with Crippen molar-refractivity contribution in [3.8, 4) is 6.07 Å². The molecule has 2 aliphatic heterocycles. The molecule has 1 amide bonds. The summed E-state index contributed by atoms with van der Waals surface area (Å²) in [6, 6.07) is 18.4. The van der Waals surface area contributed by atoms with Gasteiger partial charge in [-0.1, -0.05) is 42.5 Å². The largest absolute Gasteiger partial charge is 0.351 e. The lowest BCUT2D eigenvalue weighted by molar-refractivity contribution is -0.134. The number of hydrogen-bond acceptors (Lipinski definition) is 3. The van der Waals surface area contributed by atoms with Crippen molar-refractivity contribution in [1.82, 2.24) is 10.2 Å². The summed E-state index contributed by atoms with van der Waals surface area (Å²) in [5, 5.41) is 12.5. The highest BCUT2D eigenvalue weighted by molar-refractivity contribution is 5.84. The first-order valence-corrected chi connectivity index (χ1v) is 9.26. The van der Waals surface area contributed by atoms with Gasteiger partial charge in [0.25, 0.3) is 0 Å². The number of benzene rings is 2. The molecule has 4 rings (SSSR count). The summed E-state index contributed by atoms with van der Waals surface area (Å²) in [6.45, 7) is 3.05. The van der Waals surface area contributed by atoms with Gasteiger partial charge in [-0.15, -0.1) is 0 Å². The third kappa shape index (κ3) is 3.11. The van der Waals surface area contributed by atoms with Crippen LogP contribution in [0.15, 0.2) is 48.5 Å². The van der Waals surface area contributed by atoms with E-state index in [1.807, 2.05) is 30.3 Å². The van der Waals surface area contributed by atoms with E-state index in [0.717, 1.165) is 50.0 Å². The molecular formula is C22H23N3O. The van der Waals surface area contributed by atoms with Gasteiger partial charge in [0.15, 0.2) is 0 Å². The van der Waals surface area contributed by atoms with Crippen LogP contribution in [0.5, 0.6) is 0 Å². The van der Waals surface area contributed by atoms with Crippen LogP contribution in [-0.2, 0) is 24.3 Å². The van der Waals surface area contributed by atoms with Gasteiger partial charge in [-0.3, -0.25) is 9.69 Å². The van der Waals surface area contributed by atoms with E-state index in [2.05, 4.69) is 34.5 Å². The second kappa shape index (κ2) is 6.93. The summed E-state index contributed by atoms with van der Waals surface area (Å²) in [5.74, 6) is 0.173. The average Bonchev–Trinajstić information content (AvgIpc) is 2.80. The topological polar surface area (TPSA) is 56.1 Å². The third-order valence-corrected chi connectivity index (χ3v) is 5.76. The van der Waals surface area contributed by atoms with Crippen molar-refractivity contribution in [2.75, 3.05) is 13.1 Å². The molecule has 1 fully saturated rings. The molecule has 1 atom stereocenters. The Hall–Kier alpha value is -2.64.